The third-order valence-electron chi connectivity index (χ3n) is 3.09. The maximum Gasteiger partial charge on any atom is 0.0645 e. The topological polar surface area (TPSA) is 12.0 Å². The van der Waals surface area contributed by atoms with Crippen LogP contribution in [0.5, 0.6) is 0 Å². The van der Waals surface area contributed by atoms with Crippen molar-refractivity contribution < 1.29 is 0 Å². The molecule has 1 saturated heterocycles. The molecule has 0 aromatic carbocycles. The molecule has 1 nitrogen and oxygen atoms in total. The summed E-state index contributed by atoms with van der Waals surface area (Å²) in [6, 6.07) is 0. The van der Waals surface area contributed by atoms with Gasteiger partial charge >= 0.3 is 0 Å². The number of thioether (sulfide) groups is 1. The molecular formula is C11H23NS. The van der Waals surface area contributed by atoms with E-state index in [0.29, 0.717) is 4.87 Å². The Morgan fingerprint density at radius 3 is 2.69 bits per heavy atom. The average molecular weight is 201 g/mol. The van der Waals surface area contributed by atoms with Gasteiger partial charge in [0.05, 0.1) is 4.87 Å². The van der Waals surface area contributed by atoms with Crippen molar-refractivity contribution in [2.45, 2.75) is 51.3 Å². The van der Waals surface area contributed by atoms with Crippen molar-refractivity contribution in [1.82, 2.24) is 5.32 Å². The van der Waals surface area contributed by atoms with Gasteiger partial charge in [-0.3, -0.25) is 0 Å². The molecule has 0 aromatic rings. The van der Waals surface area contributed by atoms with Crippen LogP contribution in [0.4, 0.5) is 0 Å². The molecule has 1 N–H and O–H groups in total. The first-order valence-electron chi connectivity index (χ1n) is 5.61. The third kappa shape index (κ3) is 3.17. The molecule has 0 amide bonds. The average Bonchev–Trinajstić information content (AvgIpc) is 2.19. The van der Waals surface area contributed by atoms with Gasteiger partial charge in [0.2, 0.25) is 0 Å². The molecule has 1 fully saturated rings. The molecule has 2 atom stereocenters. The van der Waals surface area contributed by atoms with E-state index in [4.69, 9.17) is 0 Å². The highest BCUT2D eigenvalue weighted by Crippen LogP contribution is 2.36. The summed E-state index contributed by atoms with van der Waals surface area (Å²) < 4.78 is 0. The zero-order valence-electron chi connectivity index (χ0n) is 9.23. The molecule has 2 heteroatoms. The Labute approximate surface area is 87.1 Å². The van der Waals surface area contributed by atoms with Crippen molar-refractivity contribution >= 4 is 11.8 Å². The molecule has 1 aliphatic heterocycles. The fourth-order valence-electron chi connectivity index (χ4n) is 1.92. The fourth-order valence-corrected chi connectivity index (χ4v) is 3.41. The second-order valence-electron chi connectivity index (χ2n) is 4.19. The zero-order valence-corrected chi connectivity index (χ0v) is 10.0. The van der Waals surface area contributed by atoms with E-state index in [1.807, 2.05) is 0 Å². The third-order valence-corrected chi connectivity index (χ3v) is 4.74. The van der Waals surface area contributed by atoms with Crippen LogP contribution >= 0.6 is 11.8 Å². The van der Waals surface area contributed by atoms with Crippen molar-refractivity contribution in [3.63, 3.8) is 0 Å². The molecule has 0 aliphatic carbocycles. The van der Waals surface area contributed by atoms with E-state index in [9.17, 15) is 0 Å². The first-order chi connectivity index (χ1) is 6.22. The molecule has 1 aliphatic rings. The highest BCUT2D eigenvalue weighted by molar-refractivity contribution is 8.00. The lowest BCUT2D eigenvalue weighted by molar-refractivity contribution is 0.345. The lowest BCUT2D eigenvalue weighted by atomic mass is 9.97. The van der Waals surface area contributed by atoms with Gasteiger partial charge in [-0.2, -0.15) is 0 Å². The van der Waals surface area contributed by atoms with E-state index in [1.54, 1.807) is 0 Å². The van der Waals surface area contributed by atoms with Crippen LogP contribution in [0.1, 0.15) is 46.5 Å². The smallest absolute Gasteiger partial charge is 0.0645 e. The van der Waals surface area contributed by atoms with E-state index < -0.39 is 0 Å². The molecular weight excluding hydrogens is 178 g/mol. The molecule has 13 heavy (non-hydrogen) atoms. The van der Waals surface area contributed by atoms with Crippen molar-refractivity contribution in [2.24, 2.45) is 5.92 Å². The molecule has 78 valence electrons. The van der Waals surface area contributed by atoms with Gasteiger partial charge in [0, 0.05) is 0 Å². The molecule has 2 unspecified atom stereocenters. The lowest BCUT2D eigenvalue weighted by Crippen LogP contribution is -2.46. The van der Waals surface area contributed by atoms with E-state index in [2.05, 4.69) is 37.8 Å². The van der Waals surface area contributed by atoms with Crippen LogP contribution in [0, 0.1) is 5.92 Å². The van der Waals surface area contributed by atoms with Crippen LogP contribution in [-0.4, -0.2) is 17.2 Å². The Kier molecular flexibility index (Phi) is 4.60. The van der Waals surface area contributed by atoms with Crippen molar-refractivity contribution in [1.29, 1.82) is 0 Å². The summed E-state index contributed by atoms with van der Waals surface area (Å²) >= 11 is 2.14. The maximum atomic E-state index is 3.71. The molecule has 0 spiro atoms. The van der Waals surface area contributed by atoms with Crippen molar-refractivity contribution in [2.75, 3.05) is 12.3 Å². The van der Waals surface area contributed by atoms with E-state index >= 15 is 0 Å². The Morgan fingerprint density at radius 2 is 2.23 bits per heavy atom. The number of rotatable bonds is 4. The second kappa shape index (κ2) is 5.26. The molecule has 0 saturated carbocycles. The van der Waals surface area contributed by atoms with Crippen LogP contribution in [0.2, 0.25) is 0 Å². The molecule has 0 radical (unpaired) electrons. The van der Waals surface area contributed by atoms with Crippen LogP contribution in [0.3, 0.4) is 0 Å². The maximum absolute atomic E-state index is 3.71. The van der Waals surface area contributed by atoms with Crippen LogP contribution in [0.15, 0.2) is 0 Å². The van der Waals surface area contributed by atoms with Crippen LogP contribution in [0.25, 0.3) is 0 Å². The predicted molar refractivity (Wildman–Crippen MR) is 62.2 cm³/mol. The predicted octanol–water partition coefficient (Wildman–Crippen LogP) is 3.26. The largest absolute Gasteiger partial charge is 0.303 e. The van der Waals surface area contributed by atoms with E-state index in [-0.39, 0.29) is 0 Å². The Balaban J connectivity index is 2.47. The number of nitrogens with one attached hydrogen (secondary N) is 1. The number of hydrogen-bond acceptors (Lipinski definition) is 2. The van der Waals surface area contributed by atoms with Crippen molar-refractivity contribution in [3.8, 4) is 0 Å². The van der Waals surface area contributed by atoms with Gasteiger partial charge < -0.3 is 5.32 Å². The fraction of sp³-hybridized carbons (Fsp3) is 1.00. The van der Waals surface area contributed by atoms with Gasteiger partial charge in [-0.1, -0.05) is 27.2 Å². The minimum atomic E-state index is 0.410. The normalized spacial score (nSPS) is 31.6. The zero-order chi connectivity index (χ0) is 9.73. The SMILES string of the molecule is CCC(C)CC1(CC)NCCCS1. The summed E-state index contributed by atoms with van der Waals surface area (Å²) in [5, 5.41) is 3.71. The highest BCUT2D eigenvalue weighted by atomic mass is 32.2. The van der Waals surface area contributed by atoms with Gasteiger partial charge in [0.25, 0.3) is 0 Å². The van der Waals surface area contributed by atoms with E-state index in [0.717, 1.165) is 5.92 Å². The second-order valence-corrected chi connectivity index (χ2v) is 5.67. The molecule has 0 bridgehead atoms. The first kappa shape index (κ1) is 11.4. The molecule has 1 heterocycles. The minimum absolute atomic E-state index is 0.410. The van der Waals surface area contributed by atoms with Gasteiger partial charge in [-0.05, 0) is 37.5 Å². The summed E-state index contributed by atoms with van der Waals surface area (Å²) in [5.41, 5.74) is 0. The van der Waals surface area contributed by atoms with Gasteiger partial charge in [0.1, 0.15) is 0 Å². The van der Waals surface area contributed by atoms with Gasteiger partial charge in [0.15, 0.2) is 0 Å². The van der Waals surface area contributed by atoms with Crippen LogP contribution < -0.4 is 5.32 Å². The summed E-state index contributed by atoms with van der Waals surface area (Å²) in [4.78, 5) is 0.410. The monoisotopic (exact) mass is 201 g/mol. The van der Waals surface area contributed by atoms with E-state index in [1.165, 1.54) is 38.0 Å². The summed E-state index contributed by atoms with van der Waals surface area (Å²) in [7, 11) is 0. The summed E-state index contributed by atoms with van der Waals surface area (Å²) in [5.74, 6) is 2.20. The standard InChI is InChI=1S/C11H23NS/c1-4-10(3)9-11(5-2)12-7-6-8-13-11/h10,12H,4-9H2,1-3H3. The summed E-state index contributed by atoms with van der Waals surface area (Å²) in [6.45, 7) is 8.20. The lowest BCUT2D eigenvalue weighted by Gasteiger charge is -2.39. The van der Waals surface area contributed by atoms with Crippen LogP contribution in [-0.2, 0) is 0 Å². The minimum Gasteiger partial charge on any atom is -0.303 e. The summed E-state index contributed by atoms with van der Waals surface area (Å²) in [6.07, 6.45) is 5.25. The van der Waals surface area contributed by atoms with Gasteiger partial charge in [-0.25, -0.2) is 0 Å². The van der Waals surface area contributed by atoms with Gasteiger partial charge in [-0.15, -0.1) is 11.8 Å². The Hall–Kier alpha value is 0.310. The quantitative estimate of drug-likeness (QED) is 0.749. The first-order valence-corrected chi connectivity index (χ1v) is 6.60. The highest BCUT2D eigenvalue weighted by Gasteiger charge is 2.31. The van der Waals surface area contributed by atoms with Crippen molar-refractivity contribution in [3.05, 3.63) is 0 Å². The number of hydrogen-bond donors (Lipinski definition) is 1. The Bertz CT molecular complexity index is 141. The Morgan fingerprint density at radius 1 is 1.46 bits per heavy atom. The molecule has 1 rings (SSSR count). The molecule has 0 aromatic heterocycles.